The molecule has 1 rings (SSSR count). The number of hydrogen-bond donors (Lipinski definition) is 2. The van der Waals surface area contributed by atoms with Gasteiger partial charge in [0.25, 0.3) is 0 Å². The van der Waals surface area contributed by atoms with Gasteiger partial charge in [-0.1, -0.05) is 71.2 Å². The van der Waals surface area contributed by atoms with E-state index in [0.717, 1.165) is 30.6 Å². The summed E-state index contributed by atoms with van der Waals surface area (Å²) in [5.41, 5.74) is -0.938. The van der Waals surface area contributed by atoms with Gasteiger partial charge in [0.05, 0.1) is 41.9 Å². The fourth-order valence-corrected chi connectivity index (χ4v) is 3.54. The highest BCUT2D eigenvalue weighted by Gasteiger charge is 2.30. The average Bonchev–Trinajstić information content (AvgIpc) is 3.29. The maximum absolute atomic E-state index is 12.2. The van der Waals surface area contributed by atoms with E-state index in [0.29, 0.717) is 19.4 Å². The van der Waals surface area contributed by atoms with Crippen LogP contribution in [0.5, 0.6) is 0 Å². The number of esters is 6. The highest BCUT2D eigenvalue weighted by Crippen LogP contribution is 2.23. The van der Waals surface area contributed by atoms with Crippen LogP contribution in [0.15, 0.2) is 55.6 Å². The first-order valence-electron chi connectivity index (χ1n) is 21.5. The maximum Gasteiger partial charge on any atom is 0.407 e. The summed E-state index contributed by atoms with van der Waals surface area (Å²) in [5.74, 6) is -3.37. The van der Waals surface area contributed by atoms with Crippen LogP contribution in [0.4, 0.5) is 4.79 Å². The lowest BCUT2D eigenvalue weighted by molar-refractivity contribution is -0.166. The summed E-state index contributed by atoms with van der Waals surface area (Å²) in [6.07, 6.45) is 3.07. The van der Waals surface area contributed by atoms with Crippen LogP contribution in [0.25, 0.3) is 0 Å². The minimum Gasteiger partial charge on any atom is -0.481 e. The van der Waals surface area contributed by atoms with Gasteiger partial charge in [0, 0.05) is 18.6 Å². The molecule has 0 aliphatic rings. The Morgan fingerprint density at radius 2 is 1.08 bits per heavy atom. The summed E-state index contributed by atoms with van der Waals surface area (Å²) < 4.78 is 34.8. The van der Waals surface area contributed by atoms with Gasteiger partial charge in [0.2, 0.25) is 0 Å². The topological polar surface area (TPSA) is 233 Å². The first kappa shape index (κ1) is 63.5. The third kappa shape index (κ3) is 30.9. The molecule has 0 saturated heterocycles. The zero-order chi connectivity index (χ0) is 50.9. The zero-order valence-corrected chi connectivity index (χ0v) is 41.1. The second-order valence-electron chi connectivity index (χ2n) is 16.9. The first-order chi connectivity index (χ1) is 30.2. The fourth-order valence-electron chi connectivity index (χ4n) is 3.54. The molecule has 17 nitrogen and oxygen atoms in total. The van der Waals surface area contributed by atoms with Gasteiger partial charge in [-0.2, -0.15) is 0 Å². The van der Waals surface area contributed by atoms with Crippen molar-refractivity contribution in [3.63, 3.8) is 0 Å². The van der Waals surface area contributed by atoms with Crippen molar-refractivity contribution in [1.29, 1.82) is 0 Å². The number of carboxylic acids is 1. The summed E-state index contributed by atoms with van der Waals surface area (Å²) in [4.78, 5) is 90.7. The molecule has 2 N–H and O–H groups in total. The normalized spacial score (nSPS) is 11.3. The third-order valence-electron chi connectivity index (χ3n) is 9.99. The summed E-state index contributed by atoms with van der Waals surface area (Å²) in [6, 6.07) is 9.72. The summed E-state index contributed by atoms with van der Waals surface area (Å²) >= 11 is 0. The molecule has 0 bridgehead atoms. The Hall–Kier alpha value is -5.74. The van der Waals surface area contributed by atoms with Gasteiger partial charge in [-0.25, -0.2) is 14.4 Å². The zero-order valence-electron chi connectivity index (χ0n) is 41.1. The monoisotopic (exact) mass is 924 g/mol. The molecular formula is C48H77NO16. The predicted octanol–water partition coefficient (Wildman–Crippen LogP) is 8.11. The molecule has 0 radical (unpaired) electrons. The Balaban J connectivity index is -0.000000971. The molecular weight excluding hydrogens is 847 g/mol. The van der Waals surface area contributed by atoms with E-state index in [2.05, 4.69) is 23.2 Å². The second-order valence-corrected chi connectivity index (χ2v) is 16.9. The molecule has 1 aromatic carbocycles. The summed E-state index contributed by atoms with van der Waals surface area (Å²) in [7, 11) is 1.42. The number of alkyl carbamates (subject to hydrolysis) is 1. The fraction of sp³-hybridized carbons (Fsp3) is 0.625. The SMILES string of the molecule is C=CC(=O)OCCCC(=O)OC(COC(=O)NCCOC(=O)C=C)COC(=O)C(C)(C)CC.CCC(C)(C)C(=O)O.CCC(C)(C)C(=O)OC.CCC(C)(C)C(=O)OCc1ccccc1. The number of ether oxygens (including phenoxy) is 7. The Labute approximate surface area is 386 Å². The molecule has 0 aliphatic heterocycles. The van der Waals surface area contributed by atoms with Crippen LogP contribution in [-0.4, -0.2) is 99.2 Å². The van der Waals surface area contributed by atoms with Gasteiger partial charge in [-0.05, 0) is 93.1 Å². The molecule has 0 spiro atoms. The Morgan fingerprint density at radius 3 is 1.49 bits per heavy atom. The number of amides is 1. The molecule has 1 atom stereocenters. The Bertz CT molecular complexity index is 1630. The van der Waals surface area contributed by atoms with Crippen molar-refractivity contribution in [3.05, 3.63) is 61.2 Å². The second kappa shape index (κ2) is 33.7. The number of rotatable bonds is 24. The predicted molar refractivity (Wildman–Crippen MR) is 244 cm³/mol. The van der Waals surface area contributed by atoms with Gasteiger partial charge in [0.1, 0.15) is 26.4 Å². The average molecular weight is 924 g/mol. The lowest BCUT2D eigenvalue weighted by Crippen LogP contribution is -2.36. The standard InChI is InChI=1S/C22H33NO10.C13H18O2.C7H14O2.C6H12O2/c1-6-17(24)29-12-9-10-19(26)33-16(14-31-20(27)22(4,5)8-3)15-32-21(28)23-11-13-30-18(25)7-2;1-4-13(2,3)12(14)15-10-11-8-6-5-7-9-11;1-5-7(2,3)6(8)9-4;1-4-6(2,3)5(7)8/h6-7,16H,1-2,8-15H2,3-5H3,(H,23,28);5-9H,4,10H2,1-3H3;5H2,1-4H3;4H2,1-3H3,(H,7,8). The van der Waals surface area contributed by atoms with Crippen molar-refractivity contribution in [2.45, 2.75) is 134 Å². The number of methoxy groups -OCH3 is 1. The molecule has 17 heteroatoms. The Kier molecular flexibility index (Phi) is 33.0. The number of hydrogen-bond acceptors (Lipinski definition) is 15. The van der Waals surface area contributed by atoms with Crippen molar-refractivity contribution in [1.82, 2.24) is 5.32 Å². The van der Waals surface area contributed by atoms with Crippen molar-refractivity contribution >= 4 is 47.9 Å². The van der Waals surface area contributed by atoms with Crippen LogP contribution in [-0.2, 0) is 73.3 Å². The Morgan fingerprint density at radius 1 is 0.631 bits per heavy atom. The third-order valence-corrected chi connectivity index (χ3v) is 9.99. The number of carboxylic acid groups (broad SMARTS) is 1. The van der Waals surface area contributed by atoms with Gasteiger partial charge in [-0.15, -0.1) is 0 Å². The van der Waals surface area contributed by atoms with Gasteiger partial charge < -0.3 is 43.6 Å². The van der Waals surface area contributed by atoms with Gasteiger partial charge in [-0.3, -0.25) is 24.0 Å². The molecule has 0 heterocycles. The van der Waals surface area contributed by atoms with Crippen LogP contribution < -0.4 is 5.32 Å². The number of nitrogens with one attached hydrogen (secondary N) is 1. The van der Waals surface area contributed by atoms with Crippen molar-refractivity contribution < 1.29 is 76.6 Å². The van der Waals surface area contributed by atoms with Crippen molar-refractivity contribution in [3.8, 4) is 0 Å². The maximum atomic E-state index is 12.2. The highest BCUT2D eigenvalue weighted by atomic mass is 16.6. The molecule has 0 saturated carbocycles. The first-order valence-corrected chi connectivity index (χ1v) is 21.5. The number of carbonyl (C=O) groups is 8. The molecule has 0 aliphatic carbocycles. The van der Waals surface area contributed by atoms with E-state index in [-0.39, 0.29) is 68.6 Å². The van der Waals surface area contributed by atoms with E-state index < -0.39 is 52.9 Å². The molecule has 370 valence electrons. The van der Waals surface area contributed by atoms with E-state index in [4.69, 9.17) is 33.5 Å². The summed E-state index contributed by atoms with van der Waals surface area (Å²) in [6.45, 7) is 28.2. The van der Waals surface area contributed by atoms with Crippen LogP contribution in [0.3, 0.4) is 0 Å². The van der Waals surface area contributed by atoms with Crippen LogP contribution >= 0.6 is 0 Å². The van der Waals surface area contributed by atoms with Gasteiger partial charge in [0.15, 0.2) is 6.10 Å². The molecule has 65 heavy (non-hydrogen) atoms. The lowest BCUT2D eigenvalue weighted by atomic mass is 9.91. The molecule has 1 unspecified atom stereocenters. The van der Waals surface area contributed by atoms with E-state index in [1.165, 1.54) is 7.11 Å². The lowest BCUT2D eigenvalue weighted by Gasteiger charge is -2.23. The van der Waals surface area contributed by atoms with Gasteiger partial charge >= 0.3 is 47.9 Å². The quantitative estimate of drug-likeness (QED) is 0.0431. The van der Waals surface area contributed by atoms with Crippen molar-refractivity contribution in [2.24, 2.45) is 21.7 Å². The van der Waals surface area contributed by atoms with Crippen LogP contribution in [0.2, 0.25) is 0 Å². The highest BCUT2D eigenvalue weighted by molar-refractivity contribution is 5.81. The van der Waals surface area contributed by atoms with E-state index in [1.807, 2.05) is 85.7 Å². The minimum absolute atomic E-state index is 0.000368. The van der Waals surface area contributed by atoms with E-state index in [1.54, 1.807) is 27.7 Å². The molecule has 1 amide bonds. The number of aliphatic carboxylic acids is 1. The van der Waals surface area contributed by atoms with Crippen LogP contribution in [0.1, 0.15) is 127 Å². The minimum atomic E-state index is -1.05. The van der Waals surface area contributed by atoms with Crippen molar-refractivity contribution in [2.75, 3.05) is 40.1 Å². The largest absolute Gasteiger partial charge is 0.481 e. The van der Waals surface area contributed by atoms with E-state index in [9.17, 15) is 38.4 Å². The number of carbonyl (C=O) groups excluding carboxylic acids is 7. The smallest absolute Gasteiger partial charge is 0.407 e. The molecule has 1 aromatic rings. The molecule has 0 fully saturated rings. The van der Waals surface area contributed by atoms with E-state index >= 15 is 0 Å². The number of benzene rings is 1. The molecule has 0 aromatic heterocycles. The van der Waals surface area contributed by atoms with Crippen LogP contribution in [0, 0.1) is 21.7 Å². The summed E-state index contributed by atoms with van der Waals surface area (Å²) in [5, 5.41) is 10.8.